The molecule has 3 aliphatic carbocycles. The van der Waals surface area contributed by atoms with Crippen molar-refractivity contribution in [3.05, 3.63) is 62.8 Å². The van der Waals surface area contributed by atoms with Crippen LogP contribution in [0.4, 0.5) is 5.13 Å². The molecule has 2 aromatic carbocycles. The van der Waals surface area contributed by atoms with Crippen molar-refractivity contribution in [3.63, 3.8) is 0 Å². The molecule has 10 heteroatoms. The number of anilines is 1. The van der Waals surface area contributed by atoms with Crippen LogP contribution in [0.25, 0.3) is 21.5 Å². The van der Waals surface area contributed by atoms with E-state index in [1.165, 1.54) is 38.4 Å². The zero-order valence-electron chi connectivity index (χ0n) is 25.4. The monoisotopic (exact) mass is 665 g/mol. The number of fused-ring (bicyclic) bond motifs is 3. The first kappa shape index (κ1) is 29.7. The fourth-order valence-corrected chi connectivity index (χ4v) is 9.58. The number of methoxy groups -OCH3 is 1. The van der Waals surface area contributed by atoms with Crippen LogP contribution in [0.15, 0.2) is 34.9 Å². The standard InChI is InChI=1S/C35H37Cl2N3O4S/c1-42-34(41)21-14-24(19-7-4-2-3-5-8-19)31-29(15-21)45-35(38-31)40-17-22-13-23(40)16-28(22)43-18-25-32(39-44-33(25)20-11-12-20)30-26(36)9-6-10-27(30)37/h6,9-10,14-15,19-20,22-23,28H,2-5,7-8,11-13,16-18H2,1H3/t22-,23-,28+/m0/s1. The molecular formula is C35H37Cl2N3O4S. The summed E-state index contributed by atoms with van der Waals surface area (Å²) in [7, 11) is 1.46. The topological polar surface area (TPSA) is 77.7 Å². The first-order valence-corrected chi connectivity index (χ1v) is 17.9. The quantitative estimate of drug-likeness (QED) is 0.137. The Hall–Kier alpha value is -2.65. The second kappa shape index (κ2) is 12.2. The van der Waals surface area contributed by atoms with E-state index in [2.05, 4.69) is 16.1 Å². The van der Waals surface area contributed by atoms with E-state index in [1.54, 1.807) is 11.3 Å². The molecule has 3 saturated carbocycles. The molecule has 2 aromatic heterocycles. The van der Waals surface area contributed by atoms with Crippen LogP contribution in [0.3, 0.4) is 0 Å². The van der Waals surface area contributed by atoms with Crippen LogP contribution in [0, 0.1) is 5.92 Å². The Labute approximate surface area is 277 Å². The average Bonchev–Trinajstić information content (AvgIpc) is 3.35. The highest BCUT2D eigenvalue weighted by Gasteiger charge is 2.47. The van der Waals surface area contributed by atoms with E-state index >= 15 is 0 Å². The van der Waals surface area contributed by atoms with Gasteiger partial charge in [-0.2, -0.15) is 0 Å². The number of hydrogen-bond donors (Lipinski definition) is 0. The minimum absolute atomic E-state index is 0.157. The summed E-state index contributed by atoms with van der Waals surface area (Å²) in [5.74, 6) is 1.88. The number of thiazole rings is 1. The molecule has 7 nitrogen and oxygen atoms in total. The molecule has 0 amide bonds. The van der Waals surface area contributed by atoms with Crippen molar-refractivity contribution in [2.24, 2.45) is 5.92 Å². The number of rotatable bonds is 8. The summed E-state index contributed by atoms with van der Waals surface area (Å²) < 4.78 is 18.7. The van der Waals surface area contributed by atoms with Gasteiger partial charge < -0.3 is 18.9 Å². The number of ether oxygens (including phenoxy) is 2. The summed E-state index contributed by atoms with van der Waals surface area (Å²) in [4.78, 5) is 20.4. The van der Waals surface area contributed by atoms with E-state index in [9.17, 15) is 4.79 Å². The molecule has 1 aliphatic heterocycles. The van der Waals surface area contributed by atoms with Gasteiger partial charge in [0.1, 0.15) is 11.5 Å². The van der Waals surface area contributed by atoms with E-state index in [0.717, 1.165) is 71.7 Å². The van der Waals surface area contributed by atoms with Crippen molar-refractivity contribution in [2.45, 2.75) is 94.8 Å². The van der Waals surface area contributed by atoms with Gasteiger partial charge in [0.05, 0.1) is 45.6 Å². The number of halogens is 2. The lowest BCUT2D eigenvalue weighted by Gasteiger charge is -2.31. The molecule has 3 atom stereocenters. The molecule has 4 aromatic rings. The number of piperidine rings is 1. The summed E-state index contributed by atoms with van der Waals surface area (Å²) in [5.41, 5.74) is 5.30. The van der Waals surface area contributed by atoms with E-state index in [0.29, 0.717) is 57.3 Å². The fourth-order valence-electron chi connectivity index (χ4n) is 7.89. The van der Waals surface area contributed by atoms with Gasteiger partial charge in [-0.25, -0.2) is 9.78 Å². The number of carbonyl (C=O) groups excluding carboxylic acids is 1. The maximum atomic E-state index is 12.6. The van der Waals surface area contributed by atoms with E-state index in [4.69, 9.17) is 42.2 Å². The van der Waals surface area contributed by atoms with Crippen molar-refractivity contribution >= 4 is 55.9 Å². The zero-order valence-corrected chi connectivity index (χ0v) is 27.7. The van der Waals surface area contributed by atoms with Gasteiger partial charge in [0.15, 0.2) is 5.13 Å². The molecule has 236 valence electrons. The van der Waals surface area contributed by atoms with Gasteiger partial charge in [0.2, 0.25) is 0 Å². The highest BCUT2D eigenvalue weighted by atomic mass is 35.5. The normalized spacial score (nSPS) is 23.6. The molecule has 2 bridgehead atoms. The van der Waals surface area contributed by atoms with Crippen molar-refractivity contribution in [3.8, 4) is 11.3 Å². The third kappa shape index (κ3) is 5.56. The lowest BCUT2D eigenvalue weighted by Crippen LogP contribution is -2.38. The molecule has 0 N–H and O–H groups in total. The van der Waals surface area contributed by atoms with Crippen molar-refractivity contribution < 1.29 is 18.8 Å². The van der Waals surface area contributed by atoms with Gasteiger partial charge in [-0.05, 0) is 74.3 Å². The molecule has 8 rings (SSSR count). The van der Waals surface area contributed by atoms with E-state index in [1.807, 2.05) is 24.3 Å². The van der Waals surface area contributed by atoms with Gasteiger partial charge >= 0.3 is 5.97 Å². The first-order valence-electron chi connectivity index (χ1n) is 16.3. The second-order valence-electron chi connectivity index (χ2n) is 13.2. The molecule has 1 saturated heterocycles. The molecule has 0 spiro atoms. The number of nitrogens with zero attached hydrogens (tertiary/aromatic N) is 3. The van der Waals surface area contributed by atoms with Crippen LogP contribution in [0.2, 0.25) is 10.0 Å². The molecule has 3 heterocycles. The van der Waals surface area contributed by atoms with Gasteiger partial charge in [0, 0.05) is 35.5 Å². The largest absolute Gasteiger partial charge is 0.465 e. The lowest BCUT2D eigenvalue weighted by atomic mass is 9.90. The molecule has 4 aliphatic rings. The smallest absolute Gasteiger partial charge is 0.337 e. The predicted molar refractivity (Wildman–Crippen MR) is 178 cm³/mol. The van der Waals surface area contributed by atoms with Crippen molar-refractivity contribution in [1.29, 1.82) is 0 Å². The molecule has 45 heavy (non-hydrogen) atoms. The van der Waals surface area contributed by atoms with Crippen LogP contribution >= 0.6 is 34.5 Å². The maximum absolute atomic E-state index is 12.6. The highest BCUT2D eigenvalue weighted by molar-refractivity contribution is 7.22. The Morgan fingerprint density at radius 1 is 1.04 bits per heavy atom. The first-order chi connectivity index (χ1) is 22.0. The van der Waals surface area contributed by atoms with Crippen molar-refractivity contribution in [1.82, 2.24) is 10.1 Å². The van der Waals surface area contributed by atoms with Crippen LogP contribution in [0.5, 0.6) is 0 Å². The summed E-state index contributed by atoms with van der Waals surface area (Å²) in [6, 6.07) is 9.92. The van der Waals surface area contributed by atoms with Gasteiger partial charge in [0.25, 0.3) is 0 Å². The third-order valence-corrected chi connectivity index (χ3v) is 12.0. The van der Waals surface area contributed by atoms with Gasteiger partial charge in [-0.1, -0.05) is 71.4 Å². The van der Waals surface area contributed by atoms with Crippen LogP contribution in [-0.2, 0) is 16.1 Å². The summed E-state index contributed by atoms with van der Waals surface area (Å²) >= 11 is 14.9. The van der Waals surface area contributed by atoms with Gasteiger partial charge in [-0.15, -0.1) is 0 Å². The Bertz CT molecular complexity index is 1720. The summed E-state index contributed by atoms with van der Waals surface area (Å²) in [6.45, 7) is 1.35. The lowest BCUT2D eigenvalue weighted by molar-refractivity contribution is 0.0122. The minimum Gasteiger partial charge on any atom is -0.465 e. The SMILES string of the molecule is COC(=O)c1cc(C2CCCCCC2)c2nc(N3C[C@@H]4C[C@H]3C[C@H]4OCc3c(-c4c(Cl)cccc4Cl)noc3C3CC3)sc2c1. The molecule has 0 unspecified atom stereocenters. The Balaban J connectivity index is 1.02. The summed E-state index contributed by atoms with van der Waals surface area (Å²) in [5, 5.41) is 6.61. The second-order valence-corrected chi connectivity index (χ2v) is 15.0. The Morgan fingerprint density at radius 2 is 1.82 bits per heavy atom. The van der Waals surface area contributed by atoms with Crippen molar-refractivity contribution in [2.75, 3.05) is 18.6 Å². The molecule has 0 radical (unpaired) electrons. The predicted octanol–water partition coefficient (Wildman–Crippen LogP) is 9.54. The fraction of sp³-hybridized carbons (Fsp3) is 0.514. The minimum atomic E-state index is -0.278. The third-order valence-electron chi connectivity index (χ3n) is 10.4. The number of esters is 1. The molecular weight excluding hydrogens is 629 g/mol. The number of aromatic nitrogens is 2. The average molecular weight is 667 g/mol. The zero-order chi connectivity index (χ0) is 30.7. The Morgan fingerprint density at radius 3 is 2.51 bits per heavy atom. The van der Waals surface area contributed by atoms with Gasteiger partial charge in [-0.3, -0.25) is 0 Å². The maximum Gasteiger partial charge on any atom is 0.337 e. The van der Waals surface area contributed by atoms with E-state index < -0.39 is 0 Å². The molecule has 4 fully saturated rings. The number of hydrogen-bond acceptors (Lipinski definition) is 8. The highest BCUT2D eigenvalue weighted by Crippen LogP contribution is 2.48. The van der Waals surface area contributed by atoms with Crippen LogP contribution in [0.1, 0.15) is 103 Å². The van der Waals surface area contributed by atoms with E-state index in [-0.39, 0.29) is 12.1 Å². The van der Waals surface area contributed by atoms with Crippen LogP contribution < -0.4 is 4.90 Å². The number of benzene rings is 2. The number of carbonyl (C=O) groups is 1. The summed E-state index contributed by atoms with van der Waals surface area (Å²) in [6.07, 6.45) is 11.7. The van der Waals surface area contributed by atoms with Crippen LogP contribution in [-0.4, -0.2) is 41.9 Å². The Kier molecular flexibility index (Phi) is 8.05.